The number of para-hydroxylation sites is 3. The largest absolute Gasteiger partial charge is 0.495 e. The van der Waals surface area contributed by atoms with E-state index < -0.39 is 0 Å². The van der Waals surface area contributed by atoms with E-state index in [1.54, 1.807) is 7.11 Å². The van der Waals surface area contributed by atoms with E-state index in [1.807, 2.05) is 49.4 Å². The Labute approximate surface area is 131 Å². The number of rotatable bonds is 6. The zero-order valence-electron chi connectivity index (χ0n) is 13.2. The van der Waals surface area contributed by atoms with Gasteiger partial charge in [0.05, 0.1) is 12.8 Å². The highest BCUT2D eigenvalue weighted by molar-refractivity contribution is 5.97. The molecule has 0 radical (unpaired) electrons. The average molecular weight is 298 g/mol. The molecule has 0 aliphatic rings. The minimum atomic E-state index is -0.349. The molecule has 1 atom stereocenters. The Balaban J connectivity index is 2.06. The van der Waals surface area contributed by atoms with E-state index in [1.165, 1.54) is 5.56 Å². The second-order valence-corrected chi connectivity index (χ2v) is 5.07. The summed E-state index contributed by atoms with van der Waals surface area (Å²) in [5.74, 6) is 0.549. The van der Waals surface area contributed by atoms with Gasteiger partial charge in [0.2, 0.25) is 5.91 Å². The maximum Gasteiger partial charge on any atom is 0.246 e. The van der Waals surface area contributed by atoms with Crippen LogP contribution in [0.1, 0.15) is 19.4 Å². The number of aryl methyl sites for hydroxylation is 1. The number of benzene rings is 2. The van der Waals surface area contributed by atoms with Gasteiger partial charge in [-0.05, 0) is 37.1 Å². The second kappa shape index (κ2) is 7.50. The second-order valence-electron chi connectivity index (χ2n) is 5.07. The monoisotopic (exact) mass is 298 g/mol. The van der Waals surface area contributed by atoms with Crippen molar-refractivity contribution in [2.45, 2.75) is 26.3 Å². The lowest BCUT2D eigenvalue weighted by atomic mass is 10.1. The third-order valence-electron chi connectivity index (χ3n) is 3.53. The number of carbonyl (C=O) groups is 1. The van der Waals surface area contributed by atoms with Gasteiger partial charge < -0.3 is 15.4 Å². The molecule has 0 spiro atoms. The maximum absolute atomic E-state index is 12.4. The van der Waals surface area contributed by atoms with Gasteiger partial charge in [0, 0.05) is 5.69 Å². The third kappa shape index (κ3) is 3.79. The van der Waals surface area contributed by atoms with Crippen LogP contribution in [0.25, 0.3) is 0 Å². The predicted molar refractivity (Wildman–Crippen MR) is 90.5 cm³/mol. The Morgan fingerprint density at radius 1 is 1.09 bits per heavy atom. The van der Waals surface area contributed by atoms with Crippen LogP contribution in [-0.2, 0) is 11.2 Å². The molecule has 0 fully saturated rings. The van der Waals surface area contributed by atoms with Gasteiger partial charge in [-0.15, -0.1) is 0 Å². The molecule has 4 nitrogen and oxygen atoms in total. The van der Waals surface area contributed by atoms with Crippen molar-refractivity contribution in [3.8, 4) is 5.75 Å². The van der Waals surface area contributed by atoms with Crippen LogP contribution in [0.3, 0.4) is 0 Å². The minimum absolute atomic E-state index is 0.101. The summed E-state index contributed by atoms with van der Waals surface area (Å²) in [6.45, 7) is 3.94. The summed E-state index contributed by atoms with van der Waals surface area (Å²) in [5.41, 5.74) is 2.86. The molecule has 0 bridgehead atoms. The van der Waals surface area contributed by atoms with Crippen molar-refractivity contribution in [2.75, 3.05) is 17.7 Å². The predicted octanol–water partition coefficient (Wildman–Crippen LogP) is 3.70. The summed E-state index contributed by atoms with van der Waals surface area (Å²) >= 11 is 0. The number of hydrogen-bond acceptors (Lipinski definition) is 3. The molecule has 1 amide bonds. The van der Waals surface area contributed by atoms with Crippen LogP contribution in [0, 0.1) is 0 Å². The molecular formula is C18H22N2O2. The van der Waals surface area contributed by atoms with Crippen molar-refractivity contribution < 1.29 is 9.53 Å². The first-order valence-corrected chi connectivity index (χ1v) is 7.44. The van der Waals surface area contributed by atoms with Crippen LogP contribution in [-0.4, -0.2) is 19.1 Å². The van der Waals surface area contributed by atoms with Crippen LogP contribution < -0.4 is 15.4 Å². The van der Waals surface area contributed by atoms with Crippen LogP contribution in [0.5, 0.6) is 5.75 Å². The van der Waals surface area contributed by atoms with Crippen molar-refractivity contribution in [1.29, 1.82) is 0 Å². The first-order valence-electron chi connectivity index (χ1n) is 7.44. The Morgan fingerprint density at radius 2 is 1.73 bits per heavy atom. The zero-order chi connectivity index (χ0) is 15.9. The van der Waals surface area contributed by atoms with Gasteiger partial charge in [-0.2, -0.15) is 0 Å². The third-order valence-corrected chi connectivity index (χ3v) is 3.53. The smallest absolute Gasteiger partial charge is 0.246 e. The Hall–Kier alpha value is -2.49. The van der Waals surface area contributed by atoms with Crippen LogP contribution in [0.15, 0.2) is 48.5 Å². The fourth-order valence-electron chi connectivity index (χ4n) is 2.26. The lowest BCUT2D eigenvalue weighted by molar-refractivity contribution is -0.116. The van der Waals surface area contributed by atoms with Crippen molar-refractivity contribution >= 4 is 17.3 Å². The standard InChI is InChI=1S/C18H22N2O2/c1-4-14-9-5-6-10-15(14)19-13(2)18(21)20-16-11-7-8-12-17(16)22-3/h5-13,19H,4H2,1-3H3,(H,20,21)/t13-/m1/s1. The highest BCUT2D eigenvalue weighted by Crippen LogP contribution is 2.23. The molecule has 4 heteroatoms. The highest BCUT2D eigenvalue weighted by Gasteiger charge is 2.15. The summed E-state index contributed by atoms with van der Waals surface area (Å²) in [4.78, 5) is 12.4. The van der Waals surface area contributed by atoms with Crippen LogP contribution >= 0.6 is 0 Å². The fraction of sp³-hybridized carbons (Fsp3) is 0.278. The molecule has 0 aliphatic carbocycles. The lowest BCUT2D eigenvalue weighted by Gasteiger charge is -2.18. The van der Waals surface area contributed by atoms with Gasteiger partial charge in [0.15, 0.2) is 0 Å². The molecule has 0 aromatic heterocycles. The molecule has 116 valence electrons. The highest BCUT2D eigenvalue weighted by atomic mass is 16.5. The van der Waals surface area contributed by atoms with Crippen LogP contribution in [0.4, 0.5) is 11.4 Å². The van der Waals surface area contributed by atoms with E-state index >= 15 is 0 Å². The van der Waals surface area contributed by atoms with Crippen molar-refractivity contribution in [3.63, 3.8) is 0 Å². The van der Waals surface area contributed by atoms with E-state index in [-0.39, 0.29) is 11.9 Å². The molecule has 0 heterocycles. The van der Waals surface area contributed by atoms with E-state index in [0.717, 1.165) is 12.1 Å². The first-order chi connectivity index (χ1) is 10.7. The molecule has 0 unspecified atom stereocenters. The number of nitrogens with one attached hydrogen (secondary N) is 2. The molecule has 22 heavy (non-hydrogen) atoms. The Bertz CT molecular complexity index is 640. The Morgan fingerprint density at radius 3 is 2.41 bits per heavy atom. The zero-order valence-corrected chi connectivity index (χ0v) is 13.2. The minimum Gasteiger partial charge on any atom is -0.495 e. The maximum atomic E-state index is 12.4. The Kier molecular flexibility index (Phi) is 5.42. The molecule has 2 rings (SSSR count). The van der Waals surface area contributed by atoms with Gasteiger partial charge in [-0.3, -0.25) is 4.79 Å². The first kappa shape index (κ1) is 15.9. The van der Waals surface area contributed by atoms with Gasteiger partial charge in [0.25, 0.3) is 0 Å². The lowest BCUT2D eigenvalue weighted by Crippen LogP contribution is -2.32. The van der Waals surface area contributed by atoms with Crippen LogP contribution in [0.2, 0.25) is 0 Å². The van der Waals surface area contributed by atoms with Gasteiger partial charge in [0.1, 0.15) is 11.8 Å². The van der Waals surface area contributed by atoms with Gasteiger partial charge in [-0.1, -0.05) is 37.3 Å². The van der Waals surface area contributed by atoms with Gasteiger partial charge >= 0.3 is 0 Å². The number of ether oxygens (including phenoxy) is 1. The topological polar surface area (TPSA) is 50.4 Å². The molecule has 0 saturated heterocycles. The summed E-state index contributed by atoms with van der Waals surface area (Å²) in [6, 6.07) is 15.0. The van der Waals surface area contributed by atoms with E-state index in [0.29, 0.717) is 11.4 Å². The molecule has 0 aliphatic heterocycles. The molecule has 2 N–H and O–H groups in total. The summed E-state index contributed by atoms with van der Waals surface area (Å²) in [6.07, 6.45) is 0.921. The molecule has 0 saturated carbocycles. The number of hydrogen-bond donors (Lipinski definition) is 2. The summed E-state index contributed by atoms with van der Waals surface area (Å²) < 4.78 is 5.25. The van der Waals surface area contributed by atoms with Gasteiger partial charge in [-0.25, -0.2) is 0 Å². The summed E-state index contributed by atoms with van der Waals surface area (Å²) in [7, 11) is 1.59. The van der Waals surface area contributed by atoms with Crippen molar-refractivity contribution in [2.24, 2.45) is 0 Å². The SMILES string of the molecule is CCc1ccccc1N[C@H](C)C(=O)Nc1ccccc1OC. The van der Waals surface area contributed by atoms with Crippen molar-refractivity contribution in [3.05, 3.63) is 54.1 Å². The fourth-order valence-corrected chi connectivity index (χ4v) is 2.26. The van der Waals surface area contributed by atoms with E-state index in [2.05, 4.69) is 23.6 Å². The van der Waals surface area contributed by atoms with E-state index in [9.17, 15) is 4.79 Å². The average Bonchev–Trinajstić information content (AvgIpc) is 2.55. The number of carbonyl (C=O) groups excluding carboxylic acids is 1. The number of methoxy groups -OCH3 is 1. The number of anilines is 2. The normalized spacial score (nSPS) is 11.6. The molecule has 2 aromatic rings. The van der Waals surface area contributed by atoms with E-state index in [4.69, 9.17) is 4.74 Å². The number of amides is 1. The molecular weight excluding hydrogens is 276 g/mol. The summed E-state index contributed by atoms with van der Waals surface area (Å²) in [5, 5.41) is 6.16. The molecule has 2 aromatic carbocycles. The quantitative estimate of drug-likeness (QED) is 0.855. The van der Waals surface area contributed by atoms with Crippen molar-refractivity contribution in [1.82, 2.24) is 0 Å².